The monoisotopic (exact) mass is 339 g/mol. The number of likely N-dealkylation sites (tertiary alicyclic amines) is 1. The predicted molar refractivity (Wildman–Crippen MR) is 79.2 cm³/mol. The number of esters is 1. The Kier molecular flexibility index (Phi) is 5.17. The van der Waals surface area contributed by atoms with Gasteiger partial charge in [-0.05, 0) is 37.0 Å². The van der Waals surface area contributed by atoms with Crippen molar-refractivity contribution in [2.45, 2.75) is 31.7 Å². The van der Waals surface area contributed by atoms with Crippen molar-refractivity contribution < 1.29 is 14.3 Å². The molecule has 20 heavy (non-hydrogen) atoms. The second kappa shape index (κ2) is 6.88. The van der Waals surface area contributed by atoms with Crippen molar-refractivity contribution in [1.82, 2.24) is 4.90 Å². The highest BCUT2D eigenvalue weighted by Crippen LogP contribution is 2.20. The maximum absolute atomic E-state index is 12.4. The number of methoxy groups -OCH3 is 1. The standard InChI is InChI=1S/C15H18BrNO3/c1-20-15(19)13-7-2-3-8-17(13)14(18)10-11-5-4-6-12(16)9-11/h4-6,9,13H,2-3,7-8,10H2,1H3. The van der Waals surface area contributed by atoms with E-state index in [0.29, 0.717) is 19.4 Å². The Hall–Kier alpha value is -1.36. The number of nitrogens with zero attached hydrogens (tertiary/aromatic N) is 1. The van der Waals surface area contributed by atoms with Gasteiger partial charge < -0.3 is 9.64 Å². The number of carbonyl (C=O) groups excluding carboxylic acids is 2. The lowest BCUT2D eigenvalue weighted by molar-refractivity contribution is -0.154. The average Bonchev–Trinajstić information content (AvgIpc) is 2.46. The Bertz CT molecular complexity index is 504. The maximum Gasteiger partial charge on any atom is 0.328 e. The van der Waals surface area contributed by atoms with Crippen LogP contribution >= 0.6 is 15.9 Å². The van der Waals surface area contributed by atoms with Crippen LogP contribution < -0.4 is 0 Å². The fourth-order valence-electron chi connectivity index (χ4n) is 2.53. The Morgan fingerprint density at radius 1 is 1.40 bits per heavy atom. The van der Waals surface area contributed by atoms with E-state index < -0.39 is 6.04 Å². The third-order valence-electron chi connectivity index (χ3n) is 3.54. The quantitative estimate of drug-likeness (QED) is 0.795. The molecule has 0 aliphatic carbocycles. The van der Waals surface area contributed by atoms with E-state index in [9.17, 15) is 9.59 Å². The fraction of sp³-hybridized carbons (Fsp3) is 0.467. The molecule has 1 aliphatic rings. The predicted octanol–water partition coefficient (Wildman–Crippen LogP) is 2.55. The molecule has 2 rings (SSSR count). The summed E-state index contributed by atoms with van der Waals surface area (Å²) in [5.74, 6) is -0.328. The van der Waals surface area contributed by atoms with E-state index >= 15 is 0 Å². The summed E-state index contributed by atoms with van der Waals surface area (Å²) in [5.41, 5.74) is 0.943. The third kappa shape index (κ3) is 3.60. The van der Waals surface area contributed by atoms with Gasteiger partial charge in [-0.2, -0.15) is 0 Å². The molecule has 0 bridgehead atoms. The molecule has 1 aromatic carbocycles. The number of benzene rings is 1. The molecule has 0 N–H and O–H groups in total. The van der Waals surface area contributed by atoms with Gasteiger partial charge in [0.2, 0.25) is 5.91 Å². The largest absolute Gasteiger partial charge is 0.467 e. The van der Waals surface area contributed by atoms with E-state index in [0.717, 1.165) is 22.9 Å². The highest BCUT2D eigenvalue weighted by molar-refractivity contribution is 9.10. The van der Waals surface area contributed by atoms with Gasteiger partial charge in [0.25, 0.3) is 0 Å². The van der Waals surface area contributed by atoms with E-state index in [1.54, 1.807) is 4.90 Å². The Labute approximate surface area is 127 Å². The first-order valence-corrected chi connectivity index (χ1v) is 7.53. The second-order valence-electron chi connectivity index (χ2n) is 4.93. The SMILES string of the molecule is COC(=O)C1CCCCN1C(=O)Cc1cccc(Br)c1. The van der Waals surface area contributed by atoms with Crippen LogP contribution in [0.25, 0.3) is 0 Å². The summed E-state index contributed by atoms with van der Waals surface area (Å²) >= 11 is 3.40. The highest BCUT2D eigenvalue weighted by atomic mass is 79.9. The summed E-state index contributed by atoms with van der Waals surface area (Å²) < 4.78 is 5.75. The Morgan fingerprint density at radius 2 is 2.20 bits per heavy atom. The molecule has 108 valence electrons. The summed E-state index contributed by atoms with van der Waals surface area (Å²) in [6.07, 6.45) is 2.90. The van der Waals surface area contributed by atoms with E-state index in [-0.39, 0.29) is 11.9 Å². The molecule has 1 unspecified atom stereocenters. The highest BCUT2D eigenvalue weighted by Gasteiger charge is 2.32. The van der Waals surface area contributed by atoms with Crippen molar-refractivity contribution in [2.24, 2.45) is 0 Å². The van der Waals surface area contributed by atoms with Crippen LogP contribution in [0.5, 0.6) is 0 Å². The zero-order valence-electron chi connectivity index (χ0n) is 11.5. The van der Waals surface area contributed by atoms with Crippen LogP contribution in [0.3, 0.4) is 0 Å². The number of amides is 1. The minimum Gasteiger partial charge on any atom is -0.467 e. The lowest BCUT2D eigenvalue weighted by atomic mass is 10.0. The van der Waals surface area contributed by atoms with E-state index in [4.69, 9.17) is 4.74 Å². The molecular formula is C15H18BrNO3. The average molecular weight is 340 g/mol. The first-order valence-electron chi connectivity index (χ1n) is 6.73. The van der Waals surface area contributed by atoms with Gasteiger partial charge in [-0.3, -0.25) is 4.79 Å². The van der Waals surface area contributed by atoms with Crippen molar-refractivity contribution in [2.75, 3.05) is 13.7 Å². The number of rotatable bonds is 3. The Morgan fingerprint density at radius 3 is 2.90 bits per heavy atom. The lowest BCUT2D eigenvalue weighted by Gasteiger charge is -2.33. The van der Waals surface area contributed by atoms with Crippen molar-refractivity contribution in [3.8, 4) is 0 Å². The molecule has 0 saturated carbocycles. The molecule has 4 nitrogen and oxygen atoms in total. The van der Waals surface area contributed by atoms with Gasteiger partial charge in [-0.15, -0.1) is 0 Å². The van der Waals surface area contributed by atoms with E-state index in [1.165, 1.54) is 7.11 Å². The van der Waals surface area contributed by atoms with Crippen LogP contribution in [0, 0.1) is 0 Å². The van der Waals surface area contributed by atoms with Crippen LogP contribution in [-0.4, -0.2) is 36.5 Å². The van der Waals surface area contributed by atoms with Gasteiger partial charge >= 0.3 is 5.97 Å². The van der Waals surface area contributed by atoms with Gasteiger partial charge in [0.1, 0.15) is 6.04 Å². The summed E-state index contributed by atoms with van der Waals surface area (Å²) in [5, 5.41) is 0. The number of piperidine rings is 1. The molecule has 1 aliphatic heterocycles. The molecule has 1 saturated heterocycles. The molecule has 0 aromatic heterocycles. The van der Waals surface area contributed by atoms with E-state index in [2.05, 4.69) is 15.9 Å². The topological polar surface area (TPSA) is 46.6 Å². The summed E-state index contributed by atoms with van der Waals surface area (Å²) in [7, 11) is 1.37. The minimum absolute atomic E-state index is 0.0156. The van der Waals surface area contributed by atoms with Crippen molar-refractivity contribution >= 4 is 27.8 Å². The summed E-state index contributed by atoms with van der Waals surface area (Å²) in [6.45, 7) is 0.632. The maximum atomic E-state index is 12.4. The van der Waals surface area contributed by atoms with Crippen LogP contribution in [0.15, 0.2) is 28.7 Å². The number of hydrogen-bond acceptors (Lipinski definition) is 3. The van der Waals surface area contributed by atoms with Gasteiger partial charge in [0.15, 0.2) is 0 Å². The summed E-state index contributed by atoms with van der Waals surface area (Å²) in [6, 6.07) is 7.25. The van der Waals surface area contributed by atoms with Crippen LogP contribution in [0.4, 0.5) is 0 Å². The first-order chi connectivity index (χ1) is 9.61. The fourth-order valence-corrected chi connectivity index (χ4v) is 2.98. The number of carbonyl (C=O) groups is 2. The molecule has 0 spiro atoms. The van der Waals surface area contributed by atoms with Crippen LogP contribution in [0.1, 0.15) is 24.8 Å². The molecule has 0 radical (unpaired) electrons. The minimum atomic E-state index is -0.423. The number of ether oxygens (including phenoxy) is 1. The second-order valence-corrected chi connectivity index (χ2v) is 5.84. The Balaban J connectivity index is 2.08. The molecule has 1 aromatic rings. The van der Waals surface area contributed by atoms with Gasteiger partial charge in [0.05, 0.1) is 13.5 Å². The summed E-state index contributed by atoms with van der Waals surface area (Å²) in [4.78, 5) is 25.8. The molecular weight excluding hydrogens is 322 g/mol. The van der Waals surface area contributed by atoms with Crippen molar-refractivity contribution in [1.29, 1.82) is 0 Å². The molecule has 1 atom stereocenters. The third-order valence-corrected chi connectivity index (χ3v) is 4.03. The zero-order chi connectivity index (χ0) is 14.5. The van der Waals surface area contributed by atoms with Gasteiger partial charge in [0, 0.05) is 11.0 Å². The molecule has 5 heteroatoms. The normalized spacial score (nSPS) is 18.7. The smallest absolute Gasteiger partial charge is 0.328 e. The molecule has 1 heterocycles. The van der Waals surface area contributed by atoms with Gasteiger partial charge in [-0.25, -0.2) is 4.79 Å². The zero-order valence-corrected chi connectivity index (χ0v) is 13.1. The molecule has 1 amide bonds. The number of halogens is 1. The van der Waals surface area contributed by atoms with Crippen molar-refractivity contribution in [3.63, 3.8) is 0 Å². The number of hydrogen-bond donors (Lipinski definition) is 0. The van der Waals surface area contributed by atoms with Crippen molar-refractivity contribution in [3.05, 3.63) is 34.3 Å². The first kappa shape index (κ1) is 15.0. The van der Waals surface area contributed by atoms with Crippen LogP contribution in [-0.2, 0) is 20.7 Å². The van der Waals surface area contributed by atoms with Crippen LogP contribution in [0.2, 0.25) is 0 Å². The lowest BCUT2D eigenvalue weighted by Crippen LogP contribution is -2.49. The van der Waals surface area contributed by atoms with Gasteiger partial charge in [-0.1, -0.05) is 28.1 Å². The molecule has 1 fully saturated rings. The van der Waals surface area contributed by atoms with E-state index in [1.807, 2.05) is 24.3 Å².